The summed E-state index contributed by atoms with van der Waals surface area (Å²) in [5.74, 6) is 1.57. The number of nitrogens with zero attached hydrogens (tertiary/aromatic N) is 3. The summed E-state index contributed by atoms with van der Waals surface area (Å²) in [4.78, 5) is 11.0. The van der Waals surface area contributed by atoms with Gasteiger partial charge < -0.3 is 10.2 Å². The predicted molar refractivity (Wildman–Crippen MR) is 94.2 cm³/mol. The van der Waals surface area contributed by atoms with Crippen LogP contribution in [0.4, 0.5) is 11.8 Å². The maximum atomic E-state index is 6.17. The van der Waals surface area contributed by atoms with Gasteiger partial charge >= 0.3 is 0 Å². The highest BCUT2D eigenvalue weighted by Crippen LogP contribution is 2.21. The van der Waals surface area contributed by atoms with Crippen molar-refractivity contribution >= 4 is 35.0 Å². The standard InChI is InChI=1S/C16H20Cl2N4/c1-3-22(4-2)16-20-10-8-15(21-16)19-9-7-12-5-6-13(17)11-14(12)18/h5-6,8,10-11H,3-4,7,9H2,1-2H3,(H,19,20,21). The zero-order valence-electron chi connectivity index (χ0n) is 12.8. The molecule has 118 valence electrons. The monoisotopic (exact) mass is 338 g/mol. The number of nitrogens with one attached hydrogen (secondary N) is 1. The summed E-state index contributed by atoms with van der Waals surface area (Å²) < 4.78 is 0. The zero-order chi connectivity index (χ0) is 15.9. The van der Waals surface area contributed by atoms with E-state index >= 15 is 0 Å². The van der Waals surface area contributed by atoms with Crippen LogP contribution in [0.25, 0.3) is 0 Å². The molecular formula is C16H20Cl2N4. The Bertz CT molecular complexity index is 615. The largest absolute Gasteiger partial charge is 0.370 e. The van der Waals surface area contributed by atoms with E-state index in [1.165, 1.54) is 0 Å². The maximum absolute atomic E-state index is 6.17. The fraction of sp³-hybridized carbons (Fsp3) is 0.375. The minimum Gasteiger partial charge on any atom is -0.370 e. The molecule has 6 heteroatoms. The molecule has 0 fully saturated rings. The number of anilines is 2. The maximum Gasteiger partial charge on any atom is 0.227 e. The molecular weight excluding hydrogens is 319 g/mol. The van der Waals surface area contributed by atoms with Gasteiger partial charge in [0.15, 0.2) is 0 Å². The fourth-order valence-electron chi connectivity index (χ4n) is 2.16. The van der Waals surface area contributed by atoms with Crippen molar-refractivity contribution in [3.8, 4) is 0 Å². The molecule has 1 aromatic heterocycles. The smallest absolute Gasteiger partial charge is 0.227 e. The van der Waals surface area contributed by atoms with Crippen molar-refractivity contribution < 1.29 is 0 Å². The highest BCUT2D eigenvalue weighted by atomic mass is 35.5. The van der Waals surface area contributed by atoms with Crippen LogP contribution in [-0.2, 0) is 6.42 Å². The van der Waals surface area contributed by atoms with E-state index in [1.54, 1.807) is 12.3 Å². The second-order valence-corrected chi connectivity index (χ2v) is 5.67. The Balaban J connectivity index is 1.95. The first kappa shape index (κ1) is 16.8. The number of rotatable bonds is 7. The van der Waals surface area contributed by atoms with Crippen LogP contribution in [0.1, 0.15) is 19.4 Å². The minimum absolute atomic E-state index is 0.654. The molecule has 1 N–H and O–H groups in total. The molecule has 2 aromatic rings. The Labute approximate surface area is 141 Å². The van der Waals surface area contributed by atoms with Crippen LogP contribution in [0.3, 0.4) is 0 Å². The minimum atomic E-state index is 0.654. The van der Waals surface area contributed by atoms with Crippen LogP contribution in [0.15, 0.2) is 30.5 Å². The molecule has 4 nitrogen and oxygen atoms in total. The van der Waals surface area contributed by atoms with Crippen LogP contribution < -0.4 is 10.2 Å². The topological polar surface area (TPSA) is 41.1 Å². The lowest BCUT2D eigenvalue weighted by Gasteiger charge is -2.18. The molecule has 0 atom stereocenters. The van der Waals surface area contributed by atoms with Crippen LogP contribution in [-0.4, -0.2) is 29.6 Å². The van der Waals surface area contributed by atoms with Gasteiger partial charge in [0, 0.05) is 35.9 Å². The average Bonchev–Trinajstić information content (AvgIpc) is 2.51. The zero-order valence-corrected chi connectivity index (χ0v) is 14.3. The quantitative estimate of drug-likeness (QED) is 0.817. The normalized spacial score (nSPS) is 10.5. The van der Waals surface area contributed by atoms with E-state index in [1.807, 2.05) is 18.2 Å². The predicted octanol–water partition coefficient (Wildman–Crippen LogP) is 4.28. The van der Waals surface area contributed by atoms with Crippen molar-refractivity contribution in [3.63, 3.8) is 0 Å². The lowest BCUT2D eigenvalue weighted by atomic mass is 10.1. The lowest BCUT2D eigenvalue weighted by Crippen LogP contribution is -2.24. The molecule has 0 aliphatic heterocycles. The van der Waals surface area contributed by atoms with Gasteiger partial charge in [-0.25, -0.2) is 4.98 Å². The Morgan fingerprint density at radius 1 is 1.14 bits per heavy atom. The van der Waals surface area contributed by atoms with E-state index in [-0.39, 0.29) is 0 Å². The van der Waals surface area contributed by atoms with Gasteiger partial charge in [-0.3, -0.25) is 0 Å². The Kier molecular flexibility index (Phi) is 6.28. The van der Waals surface area contributed by atoms with E-state index in [4.69, 9.17) is 23.2 Å². The Morgan fingerprint density at radius 3 is 2.59 bits per heavy atom. The number of hydrogen-bond acceptors (Lipinski definition) is 4. The first-order chi connectivity index (χ1) is 10.6. The molecule has 0 amide bonds. The van der Waals surface area contributed by atoms with Gasteiger partial charge in [0.05, 0.1) is 0 Å². The number of benzene rings is 1. The molecule has 0 bridgehead atoms. The van der Waals surface area contributed by atoms with Gasteiger partial charge in [-0.05, 0) is 44.0 Å². The van der Waals surface area contributed by atoms with E-state index < -0.39 is 0 Å². The molecule has 0 aliphatic rings. The third-order valence-corrected chi connectivity index (χ3v) is 3.99. The van der Waals surface area contributed by atoms with Crippen molar-refractivity contribution in [2.24, 2.45) is 0 Å². The van der Waals surface area contributed by atoms with Crippen LogP contribution in [0, 0.1) is 0 Å². The molecule has 0 aliphatic carbocycles. The molecule has 0 radical (unpaired) electrons. The van der Waals surface area contributed by atoms with Crippen LogP contribution in [0.2, 0.25) is 10.0 Å². The number of aromatic nitrogens is 2. The highest BCUT2D eigenvalue weighted by Gasteiger charge is 2.06. The van der Waals surface area contributed by atoms with Gasteiger partial charge in [-0.15, -0.1) is 0 Å². The molecule has 0 saturated heterocycles. The van der Waals surface area contributed by atoms with Crippen LogP contribution in [0.5, 0.6) is 0 Å². The van der Waals surface area contributed by atoms with Gasteiger partial charge in [0.2, 0.25) is 5.95 Å². The second kappa shape index (κ2) is 8.20. The van der Waals surface area contributed by atoms with Crippen LogP contribution >= 0.6 is 23.2 Å². The number of hydrogen-bond donors (Lipinski definition) is 1. The summed E-state index contributed by atoms with van der Waals surface area (Å²) in [6.45, 7) is 6.71. The van der Waals surface area contributed by atoms with Crippen molar-refractivity contribution in [1.29, 1.82) is 0 Å². The van der Waals surface area contributed by atoms with Crippen molar-refractivity contribution in [3.05, 3.63) is 46.1 Å². The van der Waals surface area contributed by atoms with E-state index in [0.29, 0.717) is 10.0 Å². The van der Waals surface area contributed by atoms with Crippen molar-refractivity contribution in [2.75, 3.05) is 29.9 Å². The molecule has 0 spiro atoms. The second-order valence-electron chi connectivity index (χ2n) is 4.83. The first-order valence-corrected chi connectivity index (χ1v) is 8.15. The molecule has 0 saturated carbocycles. The summed E-state index contributed by atoms with van der Waals surface area (Å²) in [6.07, 6.45) is 2.58. The van der Waals surface area contributed by atoms with E-state index in [9.17, 15) is 0 Å². The van der Waals surface area contributed by atoms with Crippen molar-refractivity contribution in [1.82, 2.24) is 9.97 Å². The van der Waals surface area contributed by atoms with Gasteiger partial charge in [0.1, 0.15) is 5.82 Å². The Hall–Kier alpha value is -1.52. The first-order valence-electron chi connectivity index (χ1n) is 7.39. The summed E-state index contributed by atoms with van der Waals surface area (Å²) in [6, 6.07) is 7.44. The summed E-state index contributed by atoms with van der Waals surface area (Å²) in [5, 5.41) is 4.66. The third kappa shape index (κ3) is 4.49. The Morgan fingerprint density at radius 2 is 1.91 bits per heavy atom. The van der Waals surface area contributed by atoms with Crippen molar-refractivity contribution in [2.45, 2.75) is 20.3 Å². The molecule has 2 rings (SSSR count). The summed E-state index contributed by atoms with van der Waals surface area (Å²) >= 11 is 12.1. The summed E-state index contributed by atoms with van der Waals surface area (Å²) in [5.41, 5.74) is 1.07. The number of halogens is 2. The third-order valence-electron chi connectivity index (χ3n) is 3.40. The van der Waals surface area contributed by atoms with E-state index in [0.717, 1.165) is 43.4 Å². The average molecular weight is 339 g/mol. The van der Waals surface area contributed by atoms with E-state index in [2.05, 4.69) is 34.0 Å². The molecule has 0 unspecified atom stereocenters. The summed E-state index contributed by atoms with van der Waals surface area (Å²) in [7, 11) is 0. The molecule has 1 heterocycles. The molecule has 22 heavy (non-hydrogen) atoms. The van der Waals surface area contributed by atoms with Gasteiger partial charge in [0.25, 0.3) is 0 Å². The van der Waals surface area contributed by atoms with Gasteiger partial charge in [-0.1, -0.05) is 29.3 Å². The SMILES string of the molecule is CCN(CC)c1nccc(NCCc2ccc(Cl)cc2Cl)n1. The fourth-order valence-corrected chi connectivity index (χ4v) is 2.66. The highest BCUT2D eigenvalue weighted by molar-refractivity contribution is 6.35. The lowest BCUT2D eigenvalue weighted by molar-refractivity contribution is 0.820. The van der Waals surface area contributed by atoms with Gasteiger partial charge in [-0.2, -0.15) is 4.98 Å². The molecule has 1 aromatic carbocycles.